The summed E-state index contributed by atoms with van der Waals surface area (Å²) in [6, 6.07) is 10.4. The number of phenols is 2. The fourth-order valence-corrected chi connectivity index (χ4v) is 1.85. The Morgan fingerprint density at radius 3 is 2.58 bits per heavy atom. The molecular formula is C15H17NO3. The third-order valence-electron chi connectivity index (χ3n) is 2.89. The van der Waals surface area contributed by atoms with Gasteiger partial charge in [-0.1, -0.05) is 6.07 Å². The Morgan fingerprint density at radius 2 is 1.89 bits per heavy atom. The summed E-state index contributed by atoms with van der Waals surface area (Å²) in [5.74, 6) is 0.873. The molecular weight excluding hydrogens is 242 g/mol. The van der Waals surface area contributed by atoms with Crippen molar-refractivity contribution in [2.45, 2.75) is 13.5 Å². The Labute approximate surface area is 112 Å². The molecule has 0 bridgehead atoms. The van der Waals surface area contributed by atoms with Crippen LogP contribution in [0.2, 0.25) is 0 Å². The number of ether oxygens (including phenoxy) is 1. The summed E-state index contributed by atoms with van der Waals surface area (Å²) in [5.41, 5.74) is 2.70. The Kier molecular flexibility index (Phi) is 3.80. The largest absolute Gasteiger partial charge is 0.508 e. The number of methoxy groups -OCH3 is 1. The molecule has 4 heteroatoms. The zero-order valence-electron chi connectivity index (χ0n) is 11.0. The van der Waals surface area contributed by atoms with Crippen molar-refractivity contribution in [3.63, 3.8) is 0 Å². The Bertz CT molecular complexity index is 582. The van der Waals surface area contributed by atoms with Crippen LogP contribution in [0.1, 0.15) is 11.1 Å². The maximum atomic E-state index is 9.72. The quantitative estimate of drug-likeness (QED) is 0.789. The van der Waals surface area contributed by atoms with Gasteiger partial charge in [-0.2, -0.15) is 0 Å². The molecule has 0 saturated heterocycles. The summed E-state index contributed by atoms with van der Waals surface area (Å²) in [4.78, 5) is 0. The van der Waals surface area contributed by atoms with Gasteiger partial charge in [-0.25, -0.2) is 0 Å². The van der Waals surface area contributed by atoms with Gasteiger partial charge in [0.15, 0.2) is 0 Å². The minimum atomic E-state index is 0.0504. The van der Waals surface area contributed by atoms with Gasteiger partial charge in [-0.3, -0.25) is 0 Å². The van der Waals surface area contributed by atoms with E-state index in [0.29, 0.717) is 12.1 Å². The van der Waals surface area contributed by atoms with E-state index in [1.807, 2.05) is 25.1 Å². The average Bonchev–Trinajstić information content (AvgIpc) is 2.38. The molecule has 0 aliphatic carbocycles. The van der Waals surface area contributed by atoms with Crippen LogP contribution in [-0.2, 0) is 6.54 Å². The highest BCUT2D eigenvalue weighted by Gasteiger charge is 2.05. The van der Waals surface area contributed by atoms with Crippen molar-refractivity contribution in [1.82, 2.24) is 0 Å². The van der Waals surface area contributed by atoms with Crippen LogP contribution in [0, 0.1) is 6.92 Å². The number of rotatable bonds is 4. The highest BCUT2D eigenvalue weighted by Crippen LogP contribution is 2.28. The molecule has 0 radical (unpaired) electrons. The van der Waals surface area contributed by atoms with E-state index >= 15 is 0 Å². The summed E-state index contributed by atoms with van der Waals surface area (Å²) >= 11 is 0. The number of hydrogen-bond acceptors (Lipinski definition) is 4. The summed E-state index contributed by atoms with van der Waals surface area (Å²) < 4.78 is 5.27. The first-order valence-electron chi connectivity index (χ1n) is 5.99. The van der Waals surface area contributed by atoms with Crippen LogP contribution < -0.4 is 10.1 Å². The molecule has 4 nitrogen and oxygen atoms in total. The predicted molar refractivity (Wildman–Crippen MR) is 74.8 cm³/mol. The van der Waals surface area contributed by atoms with Crippen LogP contribution in [0.25, 0.3) is 0 Å². The van der Waals surface area contributed by atoms with Crippen LogP contribution in [0.15, 0.2) is 36.4 Å². The lowest BCUT2D eigenvalue weighted by atomic mass is 10.1. The van der Waals surface area contributed by atoms with Crippen molar-refractivity contribution in [2.75, 3.05) is 12.4 Å². The van der Waals surface area contributed by atoms with Crippen molar-refractivity contribution >= 4 is 5.69 Å². The van der Waals surface area contributed by atoms with Gasteiger partial charge in [-0.05, 0) is 36.8 Å². The molecule has 0 heterocycles. The average molecular weight is 259 g/mol. The van der Waals surface area contributed by atoms with Gasteiger partial charge in [0, 0.05) is 18.2 Å². The van der Waals surface area contributed by atoms with Gasteiger partial charge in [0.25, 0.3) is 0 Å². The molecule has 19 heavy (non-hydrogen) atoms. The highest BCUT2D eigenvalue weighted by molar-refractivity contribution is 5.58. The molecule has 2 rings (SSSR count). The van der Waals surface area contributed by atoms with Gasteiger partial charge in [0.1, 0.15) is 17.2 Å². The monoisotopic (exact) mass is 259 g/mol. The number of benzene rings is 2. The zero-order valence-corrected chi connectivity index (χ0v) is 11.0. The second-order valence-electron chi connectivity index (χ2n) is 4.37. The molecule has 0 atom stereocenters. The van der Waals surface area contributed by atoms with Gasteiger partial charge in [0.05, 0.1) is 12.8 Å². The number of nitrogens with one attached hydrogen (secondary N) is 1. The van der Waals surface area contributed by atoms with Gasteiger partial charge >= 0.3 is 0 Å². The van der Waals surface area contributed by atoms with Crippen molar-refractivity contribution in [3.8, 4) is 17.2 Å². The van der Waals surface area contributed by atoms with Crippen molar-refractivity contribution in [3.05, 3.63) is 47.5 Å². The van der Waals surface area contributed by atoms with E-state index in [1.165, 1.54) is 6.07 Å². The number of aromatic hydroxyl groups is 2. The third-order valence-corrected chi connectivity index (χ3v) is 2.89. The summed E-state index contributed by atoms with van der Waals surface area (Å²) in [6.45, 7) is 2.45. The van der Waals surface area contributed by atoms with Crippen LogP contribution in [0.5, 0.6) is 17.2 Å². The van der Waals surface area contributed by atoms with E-state index in [0.717, 1.165) is 17.0 Å². The molecule has 0 fully saturated rings. The first-order valence-corrected chi connectivity index (χ1v) is 5.99. The lowest BCUT2D eigenvalue weighted by molar-refractivity contribution is 0.416. The number of phenolic OH excluding ortho intramolecular Hbond substituents is 2. The second-order valence-corrected chi connectivity index (χ2v) is 4.37. The smallest absolute Gasteiger partial charge is 0.141 e. The van der Waals surface area contributed by atoms with Crippen molar-refractivity contribution < 1.29 is 14.9 Å². The third kappa shape index (κ3) is 3.10. The predicted octanol–water partition coefficient (Wildman–Crippen LogP) is 3.03. The minimum Gasteiger partial charge on any atom is -0.508 e. The molecule has 0 aliphatic heterocycles. The maximum absolute atomic E-state index is 9.72. The highest BCUT2D eigenvalue weighted by atomic mass is 16.5. The Hall–Kier alpha value is -2.36. The summed E-state index contributed by atoms with van der Waals surface area (Å²) in [5, 5.41) is 22.2. The summed E-state index contributed by atoms with van der Waals surface area (Å²) in [7, 11) is 1.62. The van der Waals surface area contributed by atoms with Crippen molar-refractivity contribution in [1.29, 1.82) is 0 Å². The SMILES string of the molecule is COc1ccc(C)cc1NCc1ccc(O)cc1O. The molecule has 0 aliphatic rings. The first-order chi connectivity index (χ1) is 9.10. The van der Waals surface area contributed by atoms with Gasteiger partial charge in [0.2, 0.25) is 0 Å². The Morgan fingerprint density at radius 1 is 1.11 bits per heavy atom. The fraction of sp³-hybridized carbons (Fsp3) is 0.200. The fourth-order valence-electron chi connectivity index (χ4n) is 1.85. The van der Waals surface area contributed by atoms with E-state index in [-0.39, 0.29) is 11.5 Å². The second kappa shape index (κ2) is 5.52. The van der Waals surface area contributed by atoms with E-state index in [2.05, 4.69) is 5.32 Å². The Balaban J connectivity index is 2.16. The van der Waals surface area contributed by atoms with Crippen LogP contribution in [0.4, 0.5) is 5.69 Å². The van der Waals surface area contributed by atoms with E-state index in [4.69, 9.17) is 4.74 Å². The van der Waals surface area contributed by atoms with Crippen LogP contribution >= 0.6 is 0 Å². The standard InChI is InChI=1S/C15H17NO3/c1-10-3-6-15(19-2)13(7-10)16-9-11-4-5-12(17)8-14(11)18/h3-8,16-18H,9H2,1-2H3. The zero-order chi connectivity index (χ0) is 13.8. The lowest BCUT2D eigenvalue weighted by Gasteiger charge is -2.12. The maximum Gasteiger partial charge on any atom is 0.141 e. The lowest BCUT2D eigenvalue weighted by Crippen LogP contribution is -2.02. The van der Waals surface area contributed by atoms with Gasteiger partial charge < -0.3 is 20.3 Å². The van der Waals surface area contributed by atoms with Gasteiger partial charge in [-0.15, -0.1) is 0 Å². The normalized spacial score (nSPS) is 10.2. The molecule has 0 aromatic heterocycles. The van der Waals surface area contributed by atoms with E-state index in [9.17, 15) is 10.2 Å². The number of anilines is 1. The molecule has 0 unspecified atom stereocenters. The molecule has 0 spiro atoms. The molecule has 2 aromatic carbocycles. The molecule has 2 aromatic rings. The number of hydrogen-bond donors (Lipinski definition) is 3. The molecule has 0 saturated carbocycles. The minimum absolute atomic E-state index is 0.0504. The first kappa shape index (κ1) is 13.1. The topological polar surface area (TPSA) is 61.7 Å². The summed E-state index contributed by atoms with van der Waals surface area (Å²) in [6.07, 6.45) is 0. The van der Waals surface area contributed by atoms with Crippen LogP contribution in [-0.4, -0.2) is 17.3 Å². The van der Waals surface area contributed by atoms with E-state index < -0.39 is 0 Å². The van der Waals surface area contributed by atoms with E-state index in [1.54, 1.807) is 19.2 Å². The number of aryl methyl sites for hydroxylation is 1. The van der Waals surface area contributed by atoms with Crippen molar-refractivity contribution in [2.24, 2.45) is 0 Å². The molecule has 100 valence electrons. The molecule has 3 N–H and O–H groups in total. The van der Waals surface area contributed by atoms with Crippen LogP contribution in [0.3, 0.4) is 0 Å². The molecule has 0 amide bonds.